The number of benzene rings is 1. The summed E-state index contributed by atoms with van der Waals surface area (Å²) in [7, 11) is 4.73. The first-order valence-electron chi connectivity index (χ1n) is 12.7. The van der Waals surface area contributed by atoms with Crippen molar-refractivity contribution in [1.82, 2.24) is 16.0 Å². The Balaban J connectivity index is 0.000000777. The van der Waals surface area contributed by atoms with Gasteiger partial charge in [-0.25, -0.2) is 4.79 Å². The number of carbonyl (C=O) groups excluding carboxylic acids is 3. The molecule has 0 unspecified atom stereocenters. The molecule has 222 valence electrons. The number of carboxylic acids is 2. The van der Waals surface area contributed by atoms with E-state index in [0.29, 0.717) is 55.5 Å². The van der Waals surface area contributed by atoms with Crippen LogP contribution in [-0.2, 0) is 19.2 Å². The van der Waals surface area contributed by atoms with Crippen molar-refractivity contribution in [1.29, 1.82) is 0 Å². The number of rotatable bonds is 10. The van der Waals surface area contributed by atoms with Crippen LogP contribution in [0.25, 0.3) is 6.08 Å². The van der Waals surface area contributed by atoms with E-state index in [2.05, 4.69) is 0 Å². The number of nitrogens with zero attached hydrogens (tertiary/aromatic N) is 2. The van der Waals surface area contributed by atoms with Crippen molar-refractivity contribution in [2.75, 3.05) is 67.1 Å². The zero-order chi connectivity index (χ0) is 28.8. The number of piperazine rings is 1. The Labute approximate surface area is 234 Å². The molecule has 3 rings (SSSR count). The van der Waals surface area contributed by atoms with Gasteiger partial charge in [0.2, 0.25) is 11.7 Å². The quantitative estimate of drug-likeness (QED) is 0.298. The Morgan fingerprint density at radius 3 is 2.00 bits per heavy atom. The van der Waals surface area contributed by atoms with Gasteiger partial charge < -0.3 is 50.1 Å². The second kappa shape index (κ2) is 17.5. The molecule has 1 aromatic carbocycles. The van der Waals surface area contributed by atoms with Crippen molar-refractivity contribution in [3.63, 3.8) is 0 Å². The summed E-state index contributed by atoms with van der Waals surface area (Å²) in [6, 6.07) is 3.69. The van der Waals surface area contributed by atoms with Crippen LogP contribution in [0.15, 0.2) is 30.4 Å². The Morgan fingerprint density at radius 1 is 0.900 bits per heavy atom. The van der Waals surface area contributed by atoms with Crippen LogP contribution in [0.4, 0.5) is 0 Å². The molecule has 0 atom stereocenters. The smallest absolute Gasteiger partial charge is 0.328 e. The van der Waals surface area contributed by atoms with E-state index in [4.69, 9.17) is 19.3 Å². The van der Waals surface area contributed by atoms with Gasteiger partial charge in [-0.1, -0.05) is 12.2 Å². The lowest BCUT2D eigenvalue weighted by Crippen LogP contribution is -3.15. The third-order valence-electron chi connectivity index (χ3n) is 6.37. The molecule has 13 nitrogen and oxygen atoms in total. The van der Waals surface area contributed by atoms with Crippen molar-refractivity contribution >= 4 is 29.8 Å². The normalized spacial score (nSPS) is 15.3. The van der Waals surface area contributed by atoms with Gasteiger partial charge in [0.05, 0.1) is 53.5 Å². The molecule has 2 amide bonds. The van der Waals surface area contributed by atoms with Crippen LogP contribution in [0.1, 0.15) is 24.8 Å². The number of carbonyl (C=O) groups is 4. The van der Waals surface area contributed by atoms with E-state index >= 15 is 0 Å². The van der Waals surface area contributed by atoms with Gasteiger partial charge in [0.1, 0.15) is 0 Å². The van der Waals surface area contributed by atoms with E-state index in [0.717, 1.165) is 44.6 Å². The van der Waals surface area contributed by atoms with E-state index in [1.165, 1.54) is 4.90 Å². The third kappa shape index (κ3) is 10.6. The van der Waals surface area contributed by atoms with Gasteiger partial charge in [-0.15, -0.1) is 0 Å². The number of methoxy groups -OCH3 is 3. The van der Waals surface area contributed by atoms with Crippen LogP contribution < -0.4 is 30.4 Å². The summed E-state index contributed by atoms with van der Waals surface area (Å²) in [5, 5.41) is 17.2. The molecule has 40 heavy (non-hydrogen) atoms. The molecule has 0 aliphatic carbocycles. The molecule has 0 bridgehead atoms. The minimum atomic E-state index is -1.51. The highest BCUT2D eigenvalue weighted by Crippen LogP contribution is 2.40. The molecule has 5 N–H and O–H groups in total. The molecule has 2 saturated heterocycles. The van der Waals surface area contributed by atoms with Gasteiger partial charge in [0.15, 0.2) is 18.0 Å². The summed E-state index contributed by atoms with van der Waals surface area (Å²) >= 11 is 0. The summed E-state index contributed by atoms with van der Waals surface area (Å²) in [5.74, 6) is -0.760. The van der Waals surface area contributed by atoms with Crippen LogP contribution in [-0.4, -0.2) is 106 Å². The predicted molar refractivity (Wildman–Crippen MR) is 145 cm³/mol. The van der Waals surface area contributed by atoms with Gasteiger partial charge in [-0.3, -0.25) is 9.59 Å². The Morgan fingerprint density at radius 2 is 1.50 bits per heavy atom. The Bertz CT molecular complexity index is 1040. The van der Waals surface area contributed by atoms with E-state index in [9.17, 15) is 24.3 Å². The summed E-state index contributed by atoms with van der Waals surface area (Å²) < 4.78 is 16.2. The molecule has 13 heteroatoms. The number of carboxylic acid groups (broad SMARTS) is 2. The maximum Gasteiger partial charge on any atom is 0.328 e. The summed E-state index contributed by atoms with van der Waals surface area (Å²) in [4.78, 5) is 49.0. The Hall–Kier alpha value is -4.10. The molecule has 2 heterocycles. The van der Waals surface area contributed by atoms with Crippen LogP contribution in [0.2, 0.25) is 0 Å². The zero-order valence-electron chi connectivity index (χ0n) is 23.3. The highest BCUT2D eigenvalue weighted by Gasteiger charge is 2.27. The fourth-order valence-electron chi connectivity index (χ4n) is 4.35. The van der Waals surface area contributed by atoms with Crippen molar-refractivity contribution in [3.05, 3.63) is 35.9 Å². The number of aliphatic carboxylic acids is 2. The topological polar surface area (TPSA) is 185 Å². The summed E-state index contributed by atoms with van der Waals surface area (Å²) in [5.41, 5.74) is 0.822. The monoisotopic (exact) mass is 564 g/mol. The minimum Gasteiger partial charge on any atom is -0.545 e. The first-order valence-corrected chi connectivity index (χ1v) is 12.7. The maximum absolute atomic E-state index is 12.6. The van der Waals surface area contributed by atoms with E-state index in [-0.39, 0.29) is 18.0 Å². The van der Waals surface area contributed by atoms with Crippen molar-refractivity contribution in [2.24, 2.45) is 0 Å². The Kier molecular flexibility index (Phi) is 14.8. The minimum absolute atomic E-state index is 0. The number of hydrogen-bond donors (Lipinski definition) is 3. The van der Waals surface area contributed by atoms with E-state index in [1.807, 2.05) is 34.1 Å². The van der Waals surface area contributed by atoms with Crippen LogP contribution in [0.5, 0.6) is 17.2 Å². The molecule has 0 spiro atoms. The van der Waals surface area contributed by atoms with Gasteiger partial charge in [-0.2, -0.15) is 0 Å². The number of amides is 2. The first-order chi connectivity index (χ1) is 18.7. The largest absolute Gasteiger partial charge is 0.545 e. The number of likely N-dealkylation sites (tertiary alicyclic amines) is 1. The number of ether oxygens (including phenoxy) is 3. The van der Waals surface area contributed by atoms with Gasteiger partial charge in [0, 0.05) is 31.1 Å². The highest BCUT2D eigenvalue weighted by atomic mass is 16.5. The average Bonchev–Trinajstić information content (AvgIpc) is 3.47. The second-order valence-corrected chi connectivity index (χ2v) is 8.92. The van der Waals surface area contributed by atoms with Crippen LogP contribution in [0, 0.1) is 0 Å². The molecular formula is C27H40N4O9. The van der Waals surface area contributed by atoms with Crippen molar-refractivity contribution in [3.8, 4) is 17.2 Å². The molecule has 0 aromatic heterocycles. The van der Waals surface area contributed by atoms with Crippen LogP contribution in [0.3, 0.4) is 0 Å². The van der Waals surface area contributed by atoms with Crippen LogP contribution >= 0.6 is 0 Å². The molecule has 2 aliphatic rings. The molecular weight excluding hydrogens is 524 g/mol. The predicted octanol–water partition coefficient (Wildman–Crippen LogP) is -0.996. The molecule has 2 fully saturated rings. The van der Waals surface area contributed by atoms with E-state index < -0.39 is 11.9 Å². The van der Waals surface area contributed by atoms with Crippen molar-refractivity contribution in [2.45, 2.75) is 19.3 Å². The summed E-state index contributed by atoms with van der Waals surface area (Å²) in [6.45, 7) is 5.35. The van der Waals surface area contributed by atoms with Crippen molar-refractivity contribution < 1.29 is 48.5 Å². The van der Waals surface area contributed by atoms with E-state index in [1.54, 1.807) is 21.3 Å². The molecule has 0 radical (unpaired) electrons. The first kappa shape index (κ1) is 33.9. The van der Waals surface area contributed by atoms with Gasteiger partial charge >= 0.3 is 5.97 Å². The SMILES string of the molecule is COc1ccc(/C=C/CC(=O)N2CC[NH+](CC(=O)N3CCCC3)CC2)c(OC)c1OC.N.O=C([O-])/C=C/C(=O)O. The number of hydrogen-bond acceptors (Lipinski definition) is 9. The lowest BCUT2D eigenvalue weighted by Gasteiger charge is -2.32. The lowest BCUT2D eigenvalue weighted by atomic mass is 10.1. The fourth-order valence-corrected chi connectivity index (χ4v) is 4.35. The third-order valence-corrected chi connectivity index (χ3v) is 6.37. The second-order valence-electron chi connectivity index (χ2n) is 8.92. The average molecular weight is 565 g/mol. The highest BCUT2D eigenvalue weighted by molar-refractivity contribution is 5.88. The van der Waals surface area contributed by atoms with Gasteiger partial charge in [-0.05, 0) is 31.1 Å². The van der Waals surface area contributed by atoms with Gasteiger partial charge in [0.25, 0.3) is 5.91 Å². The lowest BCUT2D eigenvalue weighted by molar-refractivity contribution is -0.896. The standard InChI is InChI=1S/C23H33N3O5.C4H4O4.H3N/c1-29-19-10-9-18(22(30-2)23(19)31-3)7-6-8-20(27)26-15-13-24(14-16-26)17-21(28)25-11-4-5-12-25;5-3(6)1-2-4(7)8;/h6-7,9-10H,4-5,8,11-17H2,1-3H3;1-2H,(H,5,6)(H,7,8);1H3/b7-6+;2-1+;. The molecule has 1 aromatic rings. The number of quaternary nitrogens is 1. The maximum atomic E-state index is 12.6. The zero-order valence-corrected chi connectivity index (χ0v) is 23.3. The molecule has 2 aliphatic heterocycles. The fraction of sp³-hybridized carbons (Fsp3) is 0.481. The summed E-state index contributed by atoms with van der Waals surface area (Å²) in [6.07, 6.45) is 7.21. The number of nitrogens with one attached hydrogen (secondary N) is 1. The molecule has 0 saturated carbocycles.